The Hall–Kier alpha value is -1.13. The Bertz CT molecular complexity index is 486. The van der Waals surface area contributed by atoms with Crippen molar-refractivity contribution in [3.8, 4) is 5.75 Å². The molecule has 21 heavy (non-hydrogen) atoms. The van der Waals surface area contributed by atoms with Crippen LogP contribution in [0.1, 0.15) is 23.2 Å². The molecular weight excluding hydrogens is 313 g/mol. The van der Waals surface area contributed by atoms with E-state index in [1.165, 1.54) is 12.8 Å². The van der Waals surface area contributed by atoms with Gasteiger partial charge in [-0.1, -0.05) is 0 Å². The van der Waals surface area contributed by atoms with Gasteiger partial charge in [-0.05, 0) is 37.0 Å². The van der Waals surface area contributed by atoms with Crippen molar-refractivity contribution in [3.63, 3.8) is 0 Å². The molecule has 1 aliphatic rings. The minimum absolute atomic E-state index is 0.223. The van der Waals surface area contributed by atoms with E-state index < -0.39 is 5.97 Å². The van der Waals surface area contributed by atoms with Gasteiger partial charge in [-0.25, -0.2) is 4.79 Å². The number of benzene rings is 1. The molecule has 1 aromatic rings. The normalized spacial score (nSPS) is 14.0. The lowest BCUT2D eigenvalue weighted by Crippen LogP contribution is -2.28. The van der Waals surface area contributed by atoms with E-state index in [0.717, 1.165) is 5.69 Å². The molecule has 116 valence electrons. The van der Waals surface area contributed by atoms with Gasteiger partial charge >= 0.3 is 5.97 Å². The Kier molecular flexibility index (Phi) is 6.00. The number of halogens is 2. The highest BCUT2D eigenvalue weighted by Gasteiger charge is 2.23. The number of ether oxygens (including phenoxy) is 1. The highest BCUT2D eigenvalue weighted by molar-refractivity contribution is 6.18. The first-order valence-corrected chi connectivity index (χ1v) is 8.09. The Morgan fingerprint density at radius 1 is 1.29 bits per heavy atom. The molecule has 0 radical (unpaired) electrons. The highest BCUT2D eigenvalue weighted by atomic mass is 35.5. The fourth-order valence-electron chi connectivity index (χ4n) is 2.07. The Morgan fingerprint density at radius 2 is 1.95 bits per heavy atom. The monoisotopic (exact) mass is 331 g/mol. The van der Waals surface area contributed by atoms with Crippen LogP contribution >= 0.6 is 23.2 Å². The fourth-order valence-corrected chi connectivity index (χ4v) is 2.48. The number of hydrogen-bond acceptors (Lipinski definition) is 3. The predicted molar refractivity (Wildman–Crippen MR) is 85.3 cm³/mol. The average molecular weight is 332 g/mol. The maximum atomic E-state index is 11.1. The van der Waals surface area contributed by atoms with E-state index in [2.05, 4.69) is 0 Å². The second-order valence-corrected chi connectivity index (χ2v) is 5.86. The maximum absolute atomic E-state index is 11.1. The molecule has 6 heteroatoms. The summed E-state index contributed by atoms with van der Waals surface area (Å²) >= 11 is 11.7. The van der Waals surface area contributed by atoms with Crippen LogP contribution in [-0.4, -0.2) is 42.5 Å². The van der Waals surface area contributed by atoms with Crippen molar-refractivity contribution in [2.75, 3.05) is 36.4 Å². The number of anilines is 1. The van der Waals surface area contributed by atoms with Gasteiger partial charge in [0.05, 0.1) is 17.9 Å². The summed E-state index contributed by atoms with van der Waals surface area (Å²) in [4.78, 5) is 13.1. The molecule has 0 saturated heterocycles. The Morgan fingerprint density at radius 3 is 2.48 bits per heavy atom. The van der Waals surface area contributed by atoms with Gasteiger partial charge in [-0.3, -0.25) is 0 Å². The van der Waals surface area contributed by atoms with Crippen molar-refractivity contribution >= 4 is 34.9 Å². The van der Waals surface area contributed by atoms with Gasteiger partial charge in [0.15, 0.2) is 0 Å². The van der Waals surface area contributed by atoms with Crippen molar-refractivity contribution in [1.82, 2.24) is 0 Å². The van der Waals surface area contributed by atoms with E-state index in [9.17, 15) is 4.79 Å². The van der Waals surface area contributed by atoms with Gasteiger partial charge in [-0.15, -0.1) is 23.2 Å². The molecule has 0 heterocycles. The third kappa shape index (κ3) is 4.68. The molecule has 0 aliphatic heterocycles. The van der Waals surface area contributed by atoms with E-state index in [-0.39, 0.29) is 5.56 Å². The lowest BCUT2D eigenvalue weighted by Gasteiger charge is -2.25. The summed E-state index contributed by atoms with van der Waals surface area (Å²) in [5, 5.41) is 9.12. The van der Waals surface area contributed by atoms with Crippen LogP contribution < -0.4 is 9.64 Å². The molecule has 0 spiro atoms. The van der Waals surface area contributed by atoms with Crippen molar-refractivity contribution in [3.05, 3.63) is 23.8 Å². The molecule has 1 saturated carbocycles. The SMILES string of the molecule is O=C(O)c1ccc(N(CCCl)CCCl)c(OCC2CC2)c1. The predicted octanol–water partition coefficient (Wildman–Crippen LogP) is 3.46. The number of carboxylic acids is 1. The first kappa shape index (κ1) is 16.2. The van der Waals surface area contributed by atoms with Gasteiger partial charge in [0.25, 0.3) is 0 Å². The summed E-state index contributed by atoms with van der Waals surface area (Å²) in [7, 11) is 0. The molecule has 2 rings (SSSR count). The Labute approximate surface area is 134 Å². The number of nitrogens with zero attached hydrogens (tertiary/aromatic N) is 1. The number of hydrogen-bond donors (Lipinski definition) is 1. The van der Waals surface area contributed by atoms with Gasteiger partial charge in [-0.2, -0.15) is 0 Å². The largest absolute Gasteiger partial charge is 0.491 e. The summed E-state index contributed by atoms with van der Waals surface area (Å²) in [6, 6.07) is 4.93. The zero-order valence-corrected chi connectivity index (χ0v) is 13.2. The molecule has 0 amide bonds. The van der Waals surface area contributed by atoms with Gasteiger partial charge in [0, 0.05) is 24.8 Å². The molecule has 1 N–H and O–H groups in total. The van der Waals surface area contributed by atoms with Crippen molar-refractivity contribution in [1.29, 1.82) is 0 Å². The van der Waals surface area contributed by atoms with Crippen LogP contribution in [0.5, 0.6) is 5.75 Å². The van der Waals surface area contributed by atoms with Crippen molar-refractivity contribution < 1.29 is 14.6 Å². The summed E-state index contributed by atoms with van der Waals surface area (Å²) in [6.45, 7) is 1.91. The van der Waals surface area contributed by atoms with Crippen LogP contribution in [0.25, 0.3) is 0 Å². The fraction of sp³-hybridized carbons (Fsp3) is 0.533. The lowest BCUT2D eigenvalue weighted by atomic mass is 10.1. The van der Waals surface area contributed by atoms with E-state index in [1.54, 1.807) is 18.2 Å². The topological polar surface area (TPSA) is 49.8 Å². The molecule has 0 bridgehead atoms. The smallest absolute Gasteiger partial charge is 0.335 e. The second kappa shape index (κ2) is 7.76. The quantitative estimate of drug-likeness (QED) is 0.704. The minimum atomic E-state index is -0.959. The third-order valence-electron chi connectivity index (χ3n) is 3.43. The van der Waals surface area contributed by atoms with Gasteiger partial charge in [0.2, 0.25) is 0 Å². The average Bonchev–Trinajstić information content (AvgIpc) is 3.29. The summed E-state index contributed by atoms with van der Waals surface area (Å²) in [5.74, 6) is 1.18. The first-order chi connectivity index (χ1) is 10.2. The first-order valence-electron chi connectivity index (χ1n) is 7.02. The van der Waals surface area contributed by atoms with Gasteiger partial charge in [0.1, 0.15) is 5.75 Å². The van der Waals surface area contributed by atoms with Crippen LogP contribution in [0.3, 0.4) is 0 Å². The van der Waals surface area contributed by atoms with E-state index in [1.807, 2.05) is 4.90 Å². The molecule has 0 unspecified atom stereocenters. The molecule has 0 atom stereocenters. The summed E-state index contributed by atoms with van der Waals surface area (Å²) in [6.07, 6.45) is 2.36. The molecule has 0 aromatic heterocycles. The van der Waals surface area contributed by atoms with Crippen LogP contribution in [0.4, 0.5) is 5.69 Å². The zero-order chi connectivity index (χ0) is 15.2. The molecule has 1 fully saturated rings. The number of carbonyl (C=O) groups is 1. The molecule has 4 nitrogen and oxygen atoms in total. The number of carboxylic acid groups (broad SMARTS) is 1. The number of rotatable bonds is 9. The molecular formula is C15H19Cl2NO3. The highest BCUT2D eigenvalue weighted by Crippen LogP contribution is 2.34. The van der Waals surface area contributed by atoms with Crippen molar-refractivity contribution in [2.45, 2.75) is 12.8 Å². The van der Waals surface area contributed by atoms with Crippen molar-refractivity contribution in [2.24, 2.45) is 5.92 Å². The lowest BCUT2D eigenvalue weighted by molar-refractivity contribution is 0.0696. The number of alkyl halides is 2. The minimum Gasteiger partial charge on any atom is -0.491 e. The number of aromatic carboxylic acids is 1. The second-order valence-electron chi connectivity index (χ2n) is 5.11. The van der Waals surface area contributed by atoms with Crippen LogP contribution in [0.2, 0.25) is 0 Å². The van der Waals surface area contributed by atoms with E-state index >= 15 is 0 Å². The Balaban J connectivity index is 2.24. The molecule has 1 aromatic carbocycles. The zero-order valence-electron chi connectivity index (χ0n) is 11.7. The van der Waals surface area contributed by atoms with Gasteiger partial charge < -0.3 is 14.7 Å². The van der Waals surface area contributed by atoms with Crippen LogP contribution in [0.15, 0.2) is 18.2 Å². The maximum Gasteiger partial charge on any atom is 0.335 e. The summed E-state index contributed by atoms with van der Waals surface area (Å²) < 4.78 is 5.83. The standard InChI is InChI=1S/C15H19Cl2NO3/c16-5-7-18(8-6-17)13-4-3-12(15(19)20)9-14(13)21-10-11-1-2-11/h3-4,9,11H,1-2,5-8,10H2,(H,19,20). The van der Waals surface area contributed by atoms with E-state index in [0.29, 0.717) is 43.1 Å². The van der Waals surface area contributed by atoms with Crippen LogP contribution in [-0.2, 0) is 0 Å². The summed E-state index contributed by atoms with van der Waals surface area (Å²) in [5.41, 5.74) is 1.07. The van der Waals surface area contributed by atoms with Crippen LogP contribution in [0, 0.1) is 5.92 Å². The molecule has 1 aliphatic carbocycles. The third-order valence-corrected chi connectivity index (χ3v) is 3.77. The van der Waals surface area contributed by atoms with E-state index in [4.69, 9.17) is 33.0 Å².